The van der Waals surface area contributed by atoms with Crippen molar-refractivity contribution in [1.82, 2.24) is 14.8 Å². The van der Waals surface area contributed by atoms with Crippen LogP contribution >= 0.6 is 23.2 Å². The van der Waals surface area contributed by atoms with Gasteiger partial charge in [0, 0.05) is 19.7 Å². The van der Waals surface area contributed by atoms with E-state index in [1.807, 2.05) is 6.07 Å². The van der Waals surface area contributed by atoms with Crippen molar-refractivity contribution in [3.63, 3.8) is 0 Å². The second-order valence-electron chi connectivity index (χ2n) is 6.15. The summed E-state index contributed by atoms with van der Waals surface area (Å²) in [6.45, 7) is 1.79. The molecule has 9 heteroatoms. The normalized spacial score (nSPS) is 11.0. The summed E-state index contributed by atoms with van der Waals surface area (Å²) in [5, 5.41) is 18.0. The highest BCUT2D eigenvalue weighted by Gasteiger charge is 2.20. The van der Waals surface area contributed by atoms with E-state index in [9.17, 15) is 4.79 Å². The van der Waals surface area contributed by atoms with Crippen LogP contribution in [0.4, 0.5) is 11.5 Å². The summed E-state index contributed by atoms with van der Waals surface area (Å²) in [7, 11) is 3.51. The van der Waals surface area contributed by atoms with Crippen molar-refractivity contribution >= 4 is 40.6 Å². The largest absolute Gasteiger partial charge is 0.305 e. The van der Waals surface area contributed by atoms with Gasteiger partial charge in [0.1, 0.15) is 0 Å². The maximum atomic E-state index is 12.7. The summed E-state index contributed by atoms with van der Waals surface area (Å²) in [6.07, 6.45) is 0. The lowest BCUT2D eigenvalue weighted by Gasteiger charge is -2.11. The van der Waals surface area contributed by atoms with Crippen molar-refractivity contribution < 1.29 is 4.79 Å². The molecule has 1 heterocycles. The summed E-state index contributed by atoms with van der Waals surface area (Å²) < 4.78 is 1.56. The average molecular weight is 417 g/mol. The van der Waals surface area contributed by atoms with Crippen LogP contribution in [-0.2, 0) is 0 Å². The highest BCUT2D eigenvalue weighted by atomic mass is 35.5. The first-order valence-corrected chi connectivity index (χ1v) is 9.13. The number of halogens is 2. The Bertz CT molecular complexity index is 1030. The standard InChI is InChI=1S/C19H18Cl2N6O/c1-12-17(23-25-26(2)3)18(22-19(28)13-7-5-4-6-8-13)27(24-12)14-9-10-15(20)16(21)11-14/h4-11H,1-3H3,(H,22,28). The molecule has 0 atom stereocenters. The number of aromatic nitrogens is 2. The Hall–Kier alpha value is -2.90. The number of amides is 1. The molecule has 0 aliphatic carbocycles. The number of aryl methyl sites for hydroxylation is 1. The minimum atomic E-state index is -0.289. The highest BCUT2D eigenvalue weighted by molar-refractivity contribution is 6.42. The lowest BCUT2D eigenvalue weighted by atomic mass is 10.2. The van der Waals surface area contributed by atoms with E-state index in [1.165, 1.54) is 0 Å². The fourth-order valence-electron chi connectivity index (χ4n) is 2.46. The zero-order valence-electron chi connectivity index (χ0n) is 15.5. The fourth-order valence-corrected chi connectivity index (χ4v) is 2.75. The zero-order chi connectivity index (χ0) is 20.3. The number of benzene rings is 2. The van der Waals surface area contributed by atoms with E-state index in [0.717, 1.165) is 0 Å². The van der Waals surface area contributed by atoms with E-state index in [1.54, 1.807) is 73.2 Å². The molecule has 3 rings (SSSR count). The molecule has 28 heavy (non-hydrogen) atoms. The van der Waals surface area contributed by atoms with Crippen LogP contribution in [0.2, 0.25) is 10.0 Å². The highest BCUT2D eigenvalue weighted by Crippen LogP contribution is 2.34. The van der Waals surface area contributed by atoms with Crippen LogP contribution in [0.15, 0.2) is 58.9 Å². The number of nitrogens with zero attached hydrogens (tertiary/aromatic N) is 5. The maximum absolute atomic E-state index is 12.7. The SMILES string of the molecule is Cc1nn(-c2ccc(Cl)c(Cl)c2)c(NC(=O)c2ccccc2)c1N=NN(C)C. The van der Waals surface area contributed by atoms with E-state index in [2.05, 4.69) is 20.8 Å². The van der Waals surface area contributed by atoms with Crippen molar-refractivity contribution in [2.45, 2.75) is 6.92 Å². The predicted molar refractivity (Wildman–Crippen MR) is 111 cm³/mol. The molecular weight excluding hydrogens is 399 g/mol. The van der Waals surface area contributed by atoms with Crippen molar-refractivity contribution in [1.29, 1.82) is 0 Å². The smallest absolute Gasteiger partial charge is 0.256 e. The molecule has 0 saturated carbocycles. The van der Waals surface area contributed by atoms with E-state index in [-0.39, 0.29) is 5.91 Å². The number of carbonyl (C=O) groups is 1. The van der Waals surface area contributed by atoms with Crippen LogP contribution in [-0.4, -0.2) is 34.8 Å². The molecule has 0 aliphatic heterocycles. The first kappa shape index (κ1) is 19.9. The third kappa shape index (κ3) is 4.32. The van der Waals surface area contributed by atoms with Gasteiger partial charge < -0.3 is 5.32 Å². The minimum absolute atomic E-state index is 0.289. The molecule has 0 spiro atoms. The Kier molecular flexibility index (Phi) is 5.96. The van der Waals surface area contributed by atoms with Gasteiger partial charge in [0.15, 0.2) is 11.5 Å². The number of hydrogen-bond donors (Lipinski definition) is 1. The Labute approximate surface area is 172 Å². The molecule has 1 amide bonds. The van der Waals surface area contributed by atoms with Gasteiger partial charge in [0.2, 0.25) is 0 Å². The number of rotatable bonds is 5. The van der Waals surface area contributed by atoms with Crippen molar-refractivity contribution in [3.05, 3.63) is 69.8 Å². The van der Waals surface area contributed by atoms with Crippen LogP contribution in [0.25, 0.3) is 5.69 Å². The molecule has 0 bridgehead atoms. The Balaban J connectivity index is 2.10. The first-order valence-electron chi connectivity index (χ1n) is 8.37. The lowest BCUT2D eigenvalue weighted by Crippen LogP contribution is -2.15. The molecule has 7 nitrogen and oxygen atoms in total. The molecule has 0 fully saturated rings. The quantitative estimate of drug-likeness (QED) is 0.452. The van der Waals surface area contributed by atoms with Gasteiger partial charge in [-0.25, -0.2) is 4.68 Å². The monoisotopic (exact) mass is 416 g/mol. The maximum Gasteiger partial charge on any atom is 0.256 e. The second kappa shape index (κ2) is 8.41. The zero-order valence-corrected chi connectivity index (χ0v) is 17.0. The van der Waals surface area contributed by atoms with Crippen molar-refractivity contribution in [2.75, 3.05) is 19.4 Å². The second-order valence-corrected chi connectivity index (χ2v) is 6.96. The molecule has 2 aromatic carbocycles. The molecule has 0 saturated heterocycles. The summed E-state index contributed by atoms with van der Waals surface area (Å²) in [5.74, 6) is 0.0958. The lowest BCUT2D eigenvalue weighted by molar-refractivity contribution is 0.102. The summed E-state index contributed by atoms with van der Waals surface area (Å²) in [5.41, 5.74) is 2.19. The molecule has 0 aliphatic rings. The number of hydrogen-bond acceptors (Lipinski definition) is 4. The van der Waals surface area contributed by atoms with Crippen molar-refractivity contribution in [3.8, 4) is 5.69 Å². The van der Waals surface area contributed by atoms with Crippen LogP contribution in [0.5, 0.6) is 0 Å². The first-order chi connectivity index (χ1) is 13.4. The molecule has 1 aromatic heterocycles. The van der Waals surface area contributed by atoms with Crippen LogP contribution in [0.3, 0.4) is 0 Å². The molecule has 3 aromatic rings. The van der Waals surface area contributed by atoms with Crippen LogP contribution < -0.4 is 5.32 Å². The number of nitrogens with one attached hydrogen (secondary N) is 1. The van der Waals surface area contributed by atoms with E-state index < -0.39 is 0 Å². The van der Waals surface area contributed by atoms with Gasteiger partial charge >= 0.3 is 0 Å². The van der Waals surface area contributed by atoms with E-state index in [4.69, 9.17) is 23.2 Å². The van der Waals surface area contributed by atoms with Gasteiger partial charge in [-0.1, -0.05) is 46.6 Å². The number of anilines is 1. The van der Waals surface area contributed by atoms with Gasteiger partial charge in [-0.15, -0.1) is 5.11 Å². The Morgan fingerprint density at radius 1 is 1.11 bits per heavy atom. The molecule has 1 N–H and O–H groups in total. The van der Waals surface area contributed by atoms with Crippen molar-refractivity contribution in [2.24, 2.45) is 10.3 Å². The Morgan fingerprint density at radius 3 is 2.46 bits per heavy atom. The molecule has 0 unspecified atom stereocenters. The third-order valence-corrected chi connectivity index (χ3v) is 4.51. The number of carbonyl (C=O) groups excluding carboxylic acids is 1. The van der Waals surface area contributed by atoms with E-state index >= 15 is 0 Å². The molecule has 0 radical (unpaired) electrons. The molecule has 144 valence electrons. The topological polar surface area (TPSA) is 74.9 Å². The third-order valence-electron chi connectivity index (χ3n) is 3.77. The van der Waals surface area contributed by atoms with Gasteiger partial charge in [0.05, 0.1) is 21.4 Å². The average Bonchev–Trinajstić information content (AvgIpc) is 2.98. The Morgan fingerprint density at radius 2 is 1.82 bits per heavy atom. The van der Waals surface area contributed by atoms with Crippen LogP contribution in [0, 0.1) is 6.92 Å². The summed E-state index contributed by atoms with van der Waals surface area (Å²) >= 11 is 12.2. The van der Waals surface area contributed by atoms with Crippen LogP contribution in [0.1, 0.15) is 16.1 Å². The van der Waals surface area contributed by atoms with Gasteiger partial charge in [-0.05, 0) is 37.3 Å². The summed E-state index contributed by atoms with van der Waals surface area (Å²) in [6, 6.07) is 14.0. The van der Waals surface area contributed by atoms with E-state index in [0.29, 0.717) is 38.5 Å². The van der Waals surface area contributed by atoms with Gasteiger partial charge in [0.25, 0.3) is 5.91 Å². The minimum Gasteiger partial charge on any atom is -0.305 e. The fraction of sp³-hybridized carbons (Fsp3) is 0.158. The molecular formula is C19H18Cl2N6O. The van der Waals surface area contributed by atoms with Gasteiger partial charge in [-0.2, -0.15) is 5.10 Å². The predicted octanol–water partition coefficient (Wildman–Crippen LogP) is 5.30. The summed E-state index contributed by atoms with van der Waals surface area (Å²) in [4.78, 5) is 12.7. The van der Waals surface area contributed by atoms with Gasteiger partial charge in [-0.3, -0.25) is 9.80 Å².